The van der Waals surface area contributed by atoms with Crippen LogP contribution in [0.5, 0.6) is 0 Å². The molecule has 12 rings (SSSR count). The summed E-state index contributed by atoms with van der Waals surface area (Å²) in [6, 6.07) is 32.6. The van der Waals surface area contributed by atoms with E-state index in [0.29, 0.717) is 37.7 Å². The first-order chi connectivity index (χ1) is 30.0. The number of hydrogen-bond acceptors (Lipinski definition) is 6. The number of carbonyl (C=O) groups excluding carboxylic acids is 3. The normalized spacial score (nSPS) is 39.0. The molecule has 4 aromatic rings. The molecular weight excluding hydrogens is 783 g/mol. The molecule has 1 amide bonds. The van der Waals surface area contributed by atoms with Crippen LogP contribution in [0, 0.1) is 44.3 Å². The van der Waals surface area contributed by atoms with E-state index in [-0.39, 0.29) is 48.0 Å². The van der Waals surface area contributed by atoms with Crippen molar-refractivity contribution in [2.45, 2.75) is 116 Å². The fraction of sp³-hybridized carbons (Fsp3) is 0.482. The Kier molecular flexibility index (Phi) is 8.67. The van der Waals surface area contributed by atoms with Crippen molar-refractivity contribution in [2.24, 2.45) is 44.3 Å². The molecule has 8 aliphatic rings. The molecule has 326 valence electrons. The maximum absolute atomic E-state index is 15.6. The number of fused-ring (bicyclic) bond motifs is 4. The van der Waals surface area contributed by atoms with Crippen LogP contribution in [-0.4, -0.2) is 56.6 Å². The molecule has 0 aromatic heterocycles. The molecule has 4 bridgehead atoms. The zero-order valence-electron chi connectivity index (χ0n) is 37.5. The zero-order valence-corrected chi connectivity index (χ0v) is 37.5. The lowest BCUT2D eigenvalue weighted by Crippen LogP contribution is -2.67. The summed E-state index contributed by atoms with van der Waals surface area (Å²) in [5.41, 5.74) is -1.55. The molecule has 1 heterocycles. The lowest BCUT2D eigenvalue weighted by molar-refractivity contribution is -0.187. The van der Waals surface area contributed by atoms with Gasteiger partial charge in [-0.25, -0.2) is 0 Å². The monoisotopic (exact) mass is 843 g/mol. The molecule has 2 spiro atoms. The molecule has 2 N–H and O–H groups in total. The highest BCUT2D eigenvalue weighted by Crippen LogP contribution is 2.78. The number of aliphatic hydroxyl groups is 2. The molecule has 7 aliphatic carbocycles. The van der Waals surface area contributed by atoms with Crippen molar-refractivity contribution in [3.05, 3.63) is 132 Å². The van der Waals surface area contributed by atoms with Crippen molar-refractivity contribution in [1.82, 2.24) is 4.90 Å². The van der Waals surface area contributed by atoms with E-state index in [1.807, 2.05) is 86.3 Å². The third-order valence-corrected chi connectivity index (χ3v) is 19.6. The maximum Gasteiger partial charge on any atom is 0.313 e. The van der Waals surface area contributed by atoms with Gasteiger partial charge in [0.2, 0.25) is 0 Å². The quantitative estimate of drug-likeness (QED) is 0.104. The standard InChI is InChI=1S/C56H61NO6/c1-49(2)52(5)28-31-56(49,63-48(52)61)47(60)57(34-40-16-11-15-38-14-9-10-17-42(38)40)35-54(62)27-24-45-51(54,4)26-23-44-50(3)25-22-41(58)32-53(50)29-30-55(44,45)43(33-53)46(59)39-20-18-37(19-21-39)36-12-7-6-8-13-36/h6-21,29-30,33,41,44-45,58,62H,22-28,31-32,34-35H2,1-5H3. The molecule has 7 heteroatoms. The van der Waals surface area contributed by atoms with Crippen molar-refractivity contribution in [1.29, 1.82) is 0 Å². The molecular formula is C56H61NO6. The maximum atomic E-state index is 15.6. The number of benzene rings is 4. The summed E-state index contributed by atoms with van der Waals surface area (Å²) in [6.45, 7) is 10.9. The number of ketones is 1. The van der Waals surface area contributed by atoms with E-state index in [9.17, 15) is 15.0 Å². The van der Waals surface area contributed by atoms with E-state index in [1.165, 1.54) is 0 Å². The van der Waals surface area contributed by atoms with Crippen LogP contribution in [0.2, 0.25) is 0 Å². The van der Waals surface area contributed by atoms with Crippen molar-refractivity contribution >= 4 is 28.4 Å². The van der Waals surface area contributed by atoms with Crippen LogP contribution in [0.15, 0.2) is 121 Å². The van der Waals surface area contributed by atoms with Gasteiger partial charge in [-0.2, -0.15) is 0 Å². The summed E-state index contributed by atoms with van der Waals surface area (Å²) in [5.74, 6) is -0.482. The van der Waals surface area contributed by atoms with Gasteiger partial charge in [0.15, 0.2) is 11.4 Å². The fourth-order valence-corrected chi connectivity index (χ4v) is 15.3. The van der Waals surface area contributed by atoms with Gasteiger partial charge in [-0.3, -0.25) is 14.4 Å². The van der Waals surface area contributed by atoms with E-state index < -0.39 is 44.4 Å². The smallest absolute Gasteiger partial charge is 0.313 e. The Balaban J connectivity index is 1.00. The molecule has 10 unspecified atom stereocenters. The third-order valence-electron chi connectivity index (χ3n) is 19.6. The second-order valence-corrected chi connectivity index (χ2v) is 22.1. The Morgan fingerprint density at radius 3 is 2.13 bits per heavy atom. The van der Waals surface area contributed by atoms with Crippen LogP contribution >= 0.6 is 0 Å². The average Bonchev–Trinajstić information content (AvgIpc) is 3.73. The number of allylic oxidation sites excluding steroid dienone is 4. The number of Topliss-reactive ketones (excluding diaryl/α,β-unsaturated/α-hetero) is 1. The summed E-state index contributed by atoms with van der Waals surface area (Å²) in [4.78, 5) is 46.4. The van der Waals surface area contributed by atoms with Gasteiger partial charge in [-0.05, 0) is 109 Å². The second kappa shape index (κ2) is 13.4. The van der Waals surface area contributed by atoms with E-state index in [1.54, 1.807) is 0 Å². The predicted octanol–water partition coefficient (Wildman–Crippen LogP) is 10.4. The highest BCUT2D eigenvalue weighted by molar-refractivity contribution is 6.11. The molecule has 1 saturated heterocycles. The van der Waals surface area contributed by atoms with Crippen LogP contribution in [0.4, 0.5) is 0 Å². The number of amides is 1. The van der Waals surface area contributed by atoms with Crippen molar-refractivity contribution < 1.29 is 29.3 Å². The van der Waals surface area contributed by atoms with Crippen molar-refractivity contribution in [2.75, 3.05) is 6.54 Å². The highest BCUT2D eigenvalue weighted by Gasteiger charge is 2.78. The first-order valence-electron chi connectivity index (χ1n) is 23.5. The molecule has 1 aliphatic heterocycles. The molecule has 4 saturated carbocycles. The summed E-state index contributed by atoms with van der Waals surface area (Å²) in [6.07, 6.45) is 12.5. The Bertz CT molecular complexity index is 2640. The molecule has 5 fully saturated rings. The van der Waals surface area contributed by atoms with Gasteiger partial charge in [0.1, 0.15) is 0 Å². The Labute approximate surface area is 371 Å². The minimum Gasteiger partial charge on any atom is -0.448 e. The topological polar surface area (TPSA) is 104 Å². The van der Waals surface area contributed by atoms with Crippen molar-refractivity contribution in [3.63, 3.8) is 0 Å². The summed E-state index contributed by atoms with van der Waals surface area (Å²) in [7, 11) is 0. The molecule has 4 aromatic carbocycles. The minimum atomic E-state index is -1.34. The number of aliphatic hydroxyl groups excluding tert-OH is 1. The average molecular weight is 844 g/mol. The minimum absolute atomic E-state index is 0.0200. The molecule has 63 heavy (non-hydrogen) atoms. The van der Waals surface area contributed by atoms with Crippen LogP contribution in [0.25, 0.3) is 21.9 Å². The van der Waals surface area contributed by atoms with Gasteiger partial charge >= 0.3 is 5.97 Å². The van der Waals surface area contributed by atoms with E-state index in [0.717, 1.165) is 58.7 Å². The lowest BCUT2D eigenvalue weighted by Gasteiger charge is -2.71. The first kappa shape index (κ1) is 40.9. The Morgan fingerprint density at radius 2 is 1.40 bits per heavy atom. The number of hydrogen-bond donors (Lipinski definition) is 2. The fourth-order valence-electron chi connectivity index (χ4n) is 15.3. The Hall–Kier alpha value is -4.85. The van der Waals surface area contributed by atoms with Gasteiger partial charge in [0, 0.05) is 39.3 Å². The predicted molar refractivity (Wildman–Crippen MR) is 244 cm³/mol. The number of nitrogens with zero attached hydrogens (tertiary/aromatic N) is 1. The van der Waals surface area contributed by atoms with Gasteiger partial charge < -0.3 is 19.8 Å². The van der Waals surface area contributed by atoms with Gasteiger partial charge in [0.05, 0.1) is 23.7 Å². The van der Waals surface area contributed by atoms with Crippen LogP contribution in [0.3, 0.4) is 0 Å². The zero-order chi connectivity index (χ0) is 44.0. The number of rotatable bonds is 8. The van der Waals surface area contributed by atoms with E-state index in [4.69, 9.17) is 4.74 Å². The van der Waals surface area contributed by atoms with E-state index in [2.05, 4.69) is 68.5 Å². The Morgan fingerprint density at radius 1 is 0.730 bits per heavy atom. The molecule has 7 nitrogen and oxygen atoms in total. The summed E-state index contributed by atoms with van der Waals surface area (Å²) in [5, 5.41) is 27.0. The first-order valence-corrected chi connectivity index (χ1v) is 23.5. The van der Waals surface area contributed by atoms with E-state index >= 15 is 9.59 Å². The summed E-state index contributed by atoms with van der Waals surface area (Å²) >= 11 is 0. The van der Waals surface area contributed by atoms with Crippen LogP contribution in [-0.2, 0) is 20.9 Å². The summed E-state index contributed by atoms with van der Waals surface area (Å²) < 4.78 is 6.27. The largest absolute Gasteiger partial charge is 0.448 e. The number of carbonyl (C=O) groups is 3. The SMILES string of the molecule is CC12CCC(C(=O)N(Cc3cccc4ccccc34)CC3(O)CCC4C56C=CC7(C=C5C(=O)c5ccc(-c8ccccc8)cc5)CC(O)CCC7(C)C6CCC43C)(OC1=O)C2(C)C. The van der Waals surface area contributed by atoms with Gasteiger partial charge in [-0.1, -0.05) is 143 Å². The lowest BCUT2D eigenvalue weighted by atomic mass is 9.32. The number of esters is 1. The van der Waals surface area contributed by atoms with Gasteiger partial charge in [-0.15, -0.1) is 0 Å². The van der Waals surface area contributed by atoms with Crippen molar-refractivity contribution in [3.8, 4) is 11.1 Å². The third kappa shape index (κ3) is 5.13. The molecule has 10 atom stereocenters. The van der Waals surface area contributed by atoms with Gasteiger partial charge in [0.25, 0.3) is 5.91 Å². The second-order valence-electron chi connectivity index (χ2n) is 22.1. The van der Waals surface area contributed by atoms with Crippen LogP contribution in [0.1, 0.15) is 108 Å². The highest BCUT2D eigenvalue weighted by atomic mass is 16.6. The number of ether oxygens (including phenoxy) is 1. The van der Waals surface area contributed by atoms with Crippen LogP contribution < -0.4 is 0 Å². The molecule has 0 radical (unpaired) electrons.